The van der Waals surface area contributed by atoms with Gasteiger partial charge in [0.15, 0.2) is 5.75 Å². The van der Waals surface area contributed by atoms with Gasteiger partial charge in [0.1, 0.15) is 5.75 Å². The molecule has 0 aliphatic carbocycles. The molecule has 4 rings (SSSR count). The Hall–Kier alpha value is -2.09. The summed E-state index contributed by atoms with van der Waals surface area (Å²) in [6.07, 6.45) is 4.62. The number of hydrogen-bond donors (Lipinski definition) is 1. The van der Waals surface area contributed by atoms with E-state index in [9.17, 15) is 0 Å². The highest BCUT2D eigenvalue weighted by molar-refractivity contribution is 9.10. The zero-order valence-electron chi connectivity index (χ0n) is 16.6. The smallest absolute Gasteiger partial charge is 0.155 e. The minimum atomic E-state index is 0.0829. The molecule has 0 saturated heterocycles. The van der Waals surface area contributed by atoms with Gasteiger partial charge in [-0.3, -0.25) is 9.97 Å². The molecule has 5 nitrogen and oxygen atoms in total. The predicted molar refractivity (Wildman–Crippen MR) is 121 cm³/mol. The van der Waals surface area contributed by atoms with Gasteiger partial charge in [-0.05, 0) is 80.2 Å². The van der Waals surface area contributed by atoms with Crippen LogP contribution in [0.4, 0.5) is 5.69 Å². The molecule has 1 aliphatic rings. The fourth-order valence-electron chi connectivity index (χ4n) is 3.12. The number of nitrogens with one attached hydrogen (secondary N) is 1. The molecule has 0 spiro atoms. The summed E-state index contributed by atoms with van der Waals surface area (Å²) in [5.74, 6) is 1.75. The van der Waals surface area contributed by atoms with Crippen LogP contribution in [0.3, 0.4) is 0 Å². The molecule has 3 aromatic rings. The van der Waals surface area contributed by atoms with Crippen LogP contribution < -0.4 is 10.1 Å². The first kappa shape index (κ1) is 20.2. The normalized spacial score (nSPS) is 13.4. The van der Waals surface area contributed by atoms with Gasteiger partial charge in [0.2, 0.25) is 0 Å². The molecule has 1 unspecified atom stereocenters. The molecule has 0 saturated carbocycles. The van der Waals surface area contributed by atoms with Gasteiger partial charge in [0.05, 0.1) is 37.9 Å². The van der Waals surface area contributed by atoms with E-state index in [1.807, 2.05) is 37.5 Å². The van der Waals surface area contributed by atoms with E-state index >= 15 is 0 Å². The quantitative estimate of drug-likeness (QED) is 0.377. The van der Waals surface area contributed by atoms with Crippen molar-refractivity contribution < 1.29 is 4.74 Å². The van der Waals surface area contributed by atoms with Crippen molar-refractivity contribution >= 4 is 33.4 Å². The molecule has 1 aromatic heterocycles. The molecule has 7 heteroatoms. The zero-order valence-corrected chi connectivity index (χ0v) is 19.0. The van der Waals surface area contributed by atoms with Crippen LogP contribution in [0.15, 0.2) is 63.1 Å². The highest BCUT2D eigenvalue weighted by atomic mass is 79.9. The number of halogens is 1. The number of para-hydroxylation sites is 1. The van der Waals surface area contributed by atoms with Crippen molar-refractivity contribution in [3.8, 4) is 11.5 Å². The van der Waals surface area contributed by atoms with Crippen LogP contribution in [0, 0.1) is 6.92 Å². The maximum absolute atomic E-state index is 6.12. The number of benzene rings is 2. The zero-order chi connectivity index (χ0) is 20.4. The number of ether oxygens (including phenoxy) is 1. The Labute approximate surface area is 184 Å². The van der Waals surface area contributed by atoms with E-state index in [2.05, 4.69) is 68.4 Å². The van der Waals surface area contributed by atoms with Crippen LogP contribution in [-0.4, -0.2) is 35.5 Å². The largest absolute Gasteiger partial charge is 0.454 e. The van der Waals surface area contributed by atoms with Crippen LogP contribution >= 0.6 is 27.7 Å². The van der Waals surface area contributed by atoms with Crippen LogP contribution in [-0.2, 0) is 0 Å². The fraction of sp³-hybridized carbons (Fsp3) is 0.273. The van der Waals surface area contributed by atoms with E-state index in [0.29, 0.717) is 0 Å². The van der Waals surface area contributed by atoms with E-state index in [4.69, 9.17) is 4.74 Å². The molecule has 1 atom stereocenters. The summed E-state index contributed by atoms with van der Waals surface area (Å²) < 4.78 is 7.09. The molecular formula is C22H23BrN4OS. The Bertz CT molecular complexity index is 1010. The summed E-state index contributed by atoms with van der Waals surface area (Å²) in [6.45, 7) is 2.91. The Morgan fingerprint density at radius 1 is 1.14 bits per heavy atom. The Kier molecular flexibility index (Phi) is 6.08. The maximum atomic E-state index is 6.12. The standard InChI is InChI=1S/C22H23BrN4OS/c1-14-12-25-18(13-24-14)17(9-10-27(2)3)26-15-7-8-19-21(11-15)29-20-6-4-5-16(23)22(20)28-19/h4-8,11-13,17,26H,9-10H2,1-3H3. The second-order valence-electron chi connectivity index (χ2n) is 7.30. The molecule has 0 radical (unpaired) electrons. The maximum Gasteiger partial charge on any atom is 0.155 e. The summed E-state index contributed by atoms with van der Waals surface area (Å²) in [5.41, 5.74) is 2.92. The van der Waals surface area contributed by atoms with Gasteiger partial charge in [-0.1, -0.05) is 17.8 Å². The summed E-state index contributed by atoms with van der Waals surface area (Å²) in [4.78, 5) is 13.4. The number of rotatable bonds is 6. The fourth-order valence-corrected chi connectivity index (χ4v) is 4.73. The first-order valence-corrected chi connectivity index (χ1v) is 11.1. The average Bonchev–Trinajstić information content (AvgIpc) is 2.70. The number of aryl methyl sites for hydroxylation is 1. The summed E-state index contributed by atoms with van der Waals surface area (Å²) in [7, 11) is 4.17. The highest BCUT2D eigenvalue weighted by Crippen LogP contribution is 2.50. The second kappa shape index (κ2) is 8.73. The molecule has 2 heterocycles. The summed E-state index contributed by atoms with van der Waals surface area (Å²) in [6, 6.07) is 12.4. The van der Waals surface area contributed by atoms with Crippen LogP contribution in [0.25, 0.3) is 0 Å². The highest BCUT2D eigenvalue weighted by Gasteiger charge is 2.21. The lowest BCUT2D eigenvalue weighted by Gasteiger charge is -2.24. The molecule has 1 N–H and O–H groups in total. The molecule has 29 heavy (non-hydrogen) atoms. The van der Waals surface area contributed by atoms with Gasteiger partial charge in [0.25, 0.3) is 0 Å². The van der Waals surface area contributed by atoms with E-state index in [0.717, 1.165) is 55.8 Å². The molecule has 0 fully saturated rings. The number of anilines is 1. The molecule has 1 aliphatic heterocycles. The van der Waals surface area contributed by atoms with E-state index < -0.39 is 0 Å². The third-order valence-corrected chi connectivity index (χ3v) is 6.38. The Balaban J connectivity index is 1.57. The first-order valence-electron chi connectivity index (χ1n) is 9.47. The van der Waals surface area contributed by atoms with E-state index in [1.165, 1.54) is 0 Å². The van der Waals surface area contributed by atoms with E-state index in [1.54, 1.807) is 11.8 Å². The first-order chi connectivity index (χ1) is 14.0. The van der Waals surface area contributed by atoms with Crippen molar-refractivity contribution in [1.82, 2.24) is 14.9 Å². The lowest BCUT2D eigenvalue weighted by Crippen LogP contribution is -2.21. The molecule has 2 aromatic carbocycles. The number of fused-ring (bicyclic) bond motifs is 2. The van der Waals surface area contributed by atoms with Gasteiger partial charge >= 0.3 is 0 Å². The monoisotopic (exact) mass is 470 g/mol. The predicted octanol–water partition coefficient (Wildman–Crippen LogP) is 5.91. The second-order valence-corrected chi connectivity index (χ2v) is 9.24. The SMILES string of the molecule is Cc1cnc(C(CCN(C)C)Nc2ccc3c(c2)Sc2cccc(Br)c2O3)cn1. The Morgan fingerprint density at radius 2 is 2.00 bits per heavy atom. The van der Waals surface area contributed by atoms with Crippen molar-refractivity contribution in [2.24, 2.45) is 0 Å². The van der Waals surface area contributed by atoms with Crippen LogP contribution in [0.2, 0.25) is 0 Å². The van der Waals surface area contributed by atoms with Crippen LogP contribution in [0.1, 0.15) is 23.9 Å². The van der Waals surface area contributed by atoms with E-state index in [-0.39, 0.29) is 6.04 Å². The van der Waals surface area contributed by atoms with Crippen molar-refractivity contribution in [1.29, 1.82) is 0 Å². The minimum Gasteiger partial charge on any atom is -0.454 e. The van der Waals surface area contributed by atoms with Crippen molar-refractivity contribution in [2.45, 2.75) is 29.2 Å². The molecule has 0 amide bonds. The molecule has 0 bridgehead atoms. The van der Waals surface area contributed by atoms with Gasteiger partial charge in [-0.15, -0.1) is 0 Å². The van der Waals surface area contributed by atoms with Crippen molar-refractivity contribution in [2.75, 3.05) is 26.0 Å². The number of aromatic nitrogens is 2. The van der Waals surface area contributed by atoms with Crippen molar-refractivity contribution in [3.05, 3.63) is 64.7 Å². The number of hydrogen-bond acceptors (Lipinski definition) is 6. The third kappa shape index (κ3) is 4.74. The van der Waals surface area contributed by atoms with Crippen molar-refractivity contribution in [3.63, 3.8) is 0 Å². The average molecular weight is 471 g/mol. The summed E-state index contributed by atoms with van der Waals surface area (Å²) in [5, 5.41) is 3.65. The molecular weight excluding hydrogens is 448 g/mol. The van der Waals surface area contributed by atoms with Gasteiger partial charge in [-0.25, -0.2) is 0 Å². The lowest BCUT2D eigenvalue weighted by molar-refractivity contribution is 0.386. The van der Waals surface area contributed by atoms with Gasteiger partial charge in [0, 0.05) is 11.9 Å². The minimum absolute atomic E-state index is 0.0829. The Morgan fingerprint density at radius 3 is 2.76 bits per heavy atom. The lowest BCUT2D eigenvalue weighted by atomic mass is 10.1. The van der Waals surface area contributed by atoms with Gasteiger partial charge < -0.3 is 15.0 Å². The van der Waals surface area contributed by atoms with Gasteiger partial charge in [-0.2, -0.15) is 0 Å². The summed E-state index contributed by atoms with van der Waals surface area (Å²) >= 11 is 5.30. The third-order valence-electron chi connectivity index (χ3n) is 4.67. The number of nitrogens with zero attached hydrogens (tertiary/aromatic N) is 3. The topological polar surface area (TPSA) is 50.3 Å². The van der Waals surface area contributed by atoms with Crippen LogP contribution in [0.5, 0.6) is 11.5 Å². The molecule has 150 valence electrons.